The predicted molar refractivity (Wildman–Crippen MR) is 149 cm³/mol. The van der Waals surface area contributed by atoms with Crippen LogP contribution in [0.4, 0.5) is 22.0 Å². The molecule has 37 heavy (non-hydrogen) atoms. The number of fused-ring (bicyclic) bond motifs is 1. The van der Waals surface area contributed by atoms with E-state index in [-0.39, 0.29) is 6.09 Å². The Labute approximate surface area is 222 Å². The van der Waals surface area contributed by atoms with E-state index in [0.717, 1.165) is 66.3 Å². The molecule has 3 aromatic rings. The number of carbonyl (C=O) groups is 1. The first-order valence-electron chi connectivity index (χ1n) is 12.7. The second-order valence-corrected chi connectivity index (χ2v) is 11.1. The van der Waals surface area contributed by atoms with E-state index >= 15 is 0 Å². The average Bonchev–Trinajstić information content (AvgIpc) is 3.29. The van der Waals surface area contributed by atoms with Crippen LogP contribution in [0.2, 0.25) is 5.02 Å². The Morgan fingerprint density at radius 1 is 1.08 bits per heavy atom. The summed E-state index contributed by atoms with van der Waals surface area (Å²) in [6, 6.07) is 8.11. The van der Waals surface area contributed by atoms with Crippen molar-refractivity contribution in [1.29, 1.82) is 0 Å². The summed E-state index contributed by atoms with van der Waals surface area (Å²) in [4.78, 5) is 31.2. The topological polar surface area (TPSA) is 89.6 Å². The number of nitrogens with zero attached hydrogens (tertiary/aromatic N) is 5. The highest BCUT2D eigenvalue weighted by Crippen LogP contribution is 2.32. The largest absolute Gasteiger partial charge is 0.444 e. The van der Waals surface area contributed by atoms with Crippen LogP contribution in [0.3, 0.4) is 0 Å². The minimum Gasteiger partial charge on any atom is -0.444 e. The summed E-state index contributed by atoms with van der Waals surface area (Å²) in [7, 11) is 2.15. The maximum atomic E-state index is 12.4. The molecule has 2 aromatic heterocycles. The van der Waals surface area contributed by atoms with Crippen molar-refractivity contribution in [2.24, 2.45) is 0 Å². The van der Waals surface area contributed by atoms with Crippen LogP contribution in [-0.4, -0.2) is 82.8 Å². The molecule has 9 nitrogen and oxygen atoms in total. The van der Waals surface area contributed by atoms with Crippen molar-refractivity contribution in [1.82, 2.24) is 24.8 Å². The summed E-state index contributed by atoms with van der Waals surface area (Å²) in [6.45, 7) is 10.7. The molecule has 5 rings (SSSR count). The molecular weight excluding hydrogens is 490 g/mol. The molecule has 2 aliphatic rings. The van der Waals surface area contributed by atoms with Gasteiger partial charge in [0.15, 0.2) is 0 Å². The summed E-state index contributed by atoms with van der Waals surface area (Å²) >= 11 is 6.50. The molecule has 2 N–H and O–H groups in total. The third-order valence-corrected chi connectivity index (χ3v) is 6.86. The highest BCUT2D eigenvalue weighted by molar-refractivity contribution is 6.31. The lowest BCUT2D eigenvalue weighted by atomic mass is 10.1. The number of amides is 1. The standard InChI is InChI=1S/C27H34ClN7O2/c1-27(2,3)37-26(36)35-7-5-18(6-8-35)23-16-22-24(29-17-30-25(22)32-23)31-20-13-19(28)14-21(15-20)34-11-9-33(4)10-12-34/h5,13-17H,6-12H2,1-4H3,(H2,29,30,31,32). The van der Waals surface area contributed by atoms with Gasteiger partial charge in [0.25, 0.3) is 0 Å². The van der Waals surface area contributed by atoms with Crippen molar-refractivity contribution in [3.8, 4) is 0 Å². The fraction of sp³-hybridized carbons (Fsp3) is 0.444. The number of rotatable bonds is 4. The second kappa shape index (κ2) is 10.2. The van der Waals surface area contributed by atoms with Crippen molar-refractivity contribution in [3.05, 3.63) is 47.4 Å². The second-order valence-electron chi connectivity index (χ2n) is 10.7. The average molecular weight is 524 g/mol. The molecule has 0 unspecified atom stereocenters. The Kier molecular flexibility index (Phi) is 7.00. The zero-order valence-electron chi connectivity index (χ0n) is 21.8. The van der Waals surface area contributed by atoms with Crippen molar-refractivity contribution in [2.75, 3.05) is 56.5 Å². The molecule has 196 valence electrons. The number of piperazine rings is 1. The quantitative estimate of drug-likeness (QED) is 0.490. The third-order valence-electron chi connectivity index (χ3n) is 6.65. The van der Waals surface area contributed by atoms with Gasteiger partial charge in [-0.15, -0.1) is 0 Å². The van der Waals surface area contributed by atoms with Crippen molar-refractivity contribution in [2.45, 2.75) is 32.8 Å². The fourth-order valence-electron chi connectivity index (χ4n) is 4.65. The van der Waals surface area contributed by atoms with Gasteiger partial charge in [0, 0.05) is 61.4 Å². The number of H-pyrrole nitrogens is 1. The lowest BCUT2D eigenvalue weighted by Gasteiger charge is -2.34. The number of hydrogen-bond donors (Lipinski definition) is 2. The van der Waals surface area contributed by atoms with Crippen molar-refractivity contribution in [3.63, 3.8) is 0 Å². The number of aromatic nitrogens is 3. The number of ether oxygens (including phenoxy) is 1. The molecule has 0 saturated carbocycles. The maximum absolute atomic E-state index is 12.4. The Hall–Kier alpha value is -3.30. The first-order valence-corrected chi connectivity index (χ1v) is 13.0. The highest BCUT2D eigenvalue weighted by Gasteiger charge is 2.24. The number of carbonyl (C=O) groups excluding carboxylic acids is 1. The van der Waals surface area contributed by atoms with Gasteiger partial charge in [-0.2, -0.15) is 0 Å². The number of anilines is 3. The van der Waals surface area contributed by atoms with E-state index in [1.165, 1.54) is 0 Å². The van der Waals surface area contributed by atoms with Gasteiger partial charge in [-0.3, -0.25) is 0 Å². The third kappa shape index (κ3) is 5.99. The molecule has 0 bridgehead atoms. The van der Waals surface area contributed by atoms with E-state index in [1.54, 1.807) is 11.2 Å². The number of likely N-dealkylation sites (N-methyl/N-ethyl adjacent to an activating group) is 1. The van der Waals surface area contributed by atoms with Crippen LogP contribution in [0.25, 0.3) is 16.6 Å². The van der Waals surface area contributed by atoms with Crippen LogP contribution in [0.1, 0.15) is 32.9 Å². The number of halogens is 1. The van der Waals surface area contributed by atoms with E-state index in [0.29, 0.717) is 23.9 Å². The van der Waals surface area contributed by atoms with Gasteiger partial charge in [0.1, 0.15) is 23.4 Å². The van der Waals surface area contributed by atoms with Crippen molar-refractivity contribution < 1.29 is 9.53 Å². The molecule has 4 heterocycles. The number of nitrogens with one attached hydrogen (secondary N) is 2. The normalized spacial score (nSPS) is 17.2. The van der Waals surface area contributed by atoms with Crippen LogP contribution in [0, 0.1) is 0 Å². The number of hydrogen-bond acceptors (Lipinski definition) is 7. The molecular formula is C27H34ClN7O2. The van der Waals surface area contributed by atoms with Gasteiger partial charge in [0.2, 0.25) is 0 Å². The zero-order valence-corrected chi connectivity index (χ0v) is 22.6. The highest BCUT2D eigenvalue weighted by atomic mass is 35.5. The van der Waals surface area contributed by atoms with E-state index in [2.05, 4.69) is 55.3 Å². The molecule has 1 amide bonds. The maximum Gasteiger partial charge on any atom is 0.410 e. The van der Waals surface area contributed by atoms with E-state index in [4.69, 9.17) is 16.3 Å². The minimum absolute atomic E-state index is 0.283. The summed E-state index contributed by atoms with van der Waals surface area (Å²) in [6.07, 6.45) is 4.06. The van der Waals surface area contributed by atoms with Crippen molar-refractivity contribution >= 4 is 51.5 Å². The van der Waals surface area contributed by atoms with Crippen LogP contribution in [0.5, 0.6) is 0 Å². The molecule has 1 saturated heterocycles. The Morgan fingerprint density at radius 2 is 1.86 bits per heavy atom. The Bertz CT molecular complexity index is 1320. The Morgan fingerprint density at radius 3 is 2.57 bits per heavy atom. The van der Waals surface area contributed by atoms with Gasteiger partial charge in [-0.25, -0.2) is 14.8 Å². The predicted octanol–water partition coefficient (Wildman–Crippen LogP) is 5.13. The first-order chi connectivity index (χ1) is 17.6. The Balaban J connectivity index is 1.34. The molecule has 0 atom stereocenters. The fourth-order valence-corrected chi connectivity index (χ4v) is 4.88. The number of aromatic amines is 1. The van der Waals surface area contributed by atoms with Crippen LogP contribution < -0.4 is 10.2 Å². The molecule has 0 radical (unpaired) electrons. The molecule has 1 fully saturated rings. The lowest BCUT2D eigenvalue weighted by molar-refractivity contribution is 0.0270. The molecule has 2 aliphatic heterocycles. The van der Waals surface area contributed by atoms with Crippen LogP contribution in [0.15, 0.2) is 36.7 Å². The molecule has 0 aliphatic carbocycles. The SMILES string of the molecule is CN1CCN(c2cc(Cl)cc(Nc3ncnc4[nH]c(C5=CCN(C(=O)OC(C)(C)C)CC5)cc34)c2)CC1. The minimum atomic E-state index is -0.505. The molecule has 1 aromatic carbocycles. The van der Waals surface area contributed by atoms with Gasteiger partial charge in [0.05, 0.1) is 5.39 Å². The monoisotopic (exact) mass is 523 g/mol. The van der Waals surface area contributed by atoms with Crippen LogP contribution >= 0.6 is 11.6 Å². The molecule has 10 heteroatoms. The van der Waals surface area contributed by atoms with E-state index in [1.807, 2.05) is 32.9 Å². The van der Waals surface area contributed by atoms with Gasteiger partial charge >= 0.3 is 6.09 Å². The van der Waals surface area contributed by atoms with E-state index < -0.39 is 5.60 Å². The summed E-state index contributed by atoms with van der Waals surface area (Å²) < 4.78 is 5.51. The van der Waals surface area contributed by atoms with Gasteiger partial charge in [-0.05, 0) is 64.1 Å². The smallest absolute Gasteiger partial charge is 0.410 e. The molecule has 0 spiro atoms. The summed E-state index contributed by atoms with van der Waals surface area (Å²) in [5.74, 6) is 0.714. The van der Waals surface area contributed by atoms with E-state index in [9.17, 15) is 4.79 Å². The first kappa shape index (κ1) is 25.4. The summed E-state index contributed by atoms with van der Waals surface area (Å²) in [5.41, 5.74) is 4.35. The zero-order chi connectivity index (χ0) is 26.2. The van der Waals surface area contributed by atoms with Gasteiger partial charge < -0.3 is 29.7 Å². The lowest BCUT2D eigenvalue weighted by Crippen LogP contribution is -2.44. The van der Waals surface area contributed by atoms with Crippen LogP contribution in [-0.2, 0) is 4.74 Å². The number of benzene rings is 1. The van der Waals surface area contributed by atoms with Gasteiger partial charge in [-0.1, -0.05) is 17.7 Å². The summed E-state index contributed by atoms with van der Waals surface area (Å²) in [5, 5.41) is 5.03.